The Morgan fingerprint density at radius 3 is 2.69 bits per heavy atom. The average Bonchev–Trinajstić information content (AvgIpc) is 3.61. The Morgan fingerprint density at radius 1 is 1.14 bits per heavy atom. The third kappa shape index (κ3) is 5.18. The standard InChI is InChI=1S/C28H34N6O2/c1-3-26(27-30-31-32-34(27)16-15-20-9-5-4-6-10-20)33(23-11-7-8-12-23)19-22-17-21-18-24(36-2)13-14-25(21)29-28(22)35/h4-6,9-10,13-14,17-18,23,26H,3,7-8,11-12,15-16,19H2,1-2H3,(H,29,35)/t26-/m0/s1. The van der Waals surface area contributed by atoms with E-state index < -0.39 is 0 Å². The second-order valence-electron chi connectivity index (χ2n) is 9.61. The fourth-order valence-corrected chi connectivity index (χ4v) is 5.46. The van der Waals surface area contributed by atoms with Gasteiger partial charge < -0.3 is 9.72 Å². The molecule has 0 unspecified atom stereocenters. The van der Waals surface area contributed by atoms with Crippen LogP contribution in [0.25, 0.3) is 10.9 Å². The number of H-pyrrole nitrogens is 1. The van der Waals surface area contributed by atoms with Gasteiger partial charge in [0.05, 0.1) is 13.2 Å². The van der Waals surface area contributed by atoms with Crippen molar-refractivity contribution in [1.82, 2.24) is 30.1 Å². The Bertz CT molecular complexity index is 1340. The fourth-order valence-electron chi connectivity index (χ4n) is 5.46. The molecule has 8 heteroatoms. The number of hydrogen-bond acceptors (Lipinski definition) is 6. The van der Waals surface area contributed by atoms with E-state index in [1.165, 1.54) is 18.4 Å². The lowest BCUT2D eigenvalue weighted by Gasteiger charge is -2.35. The number of tetrazole rings is 1. The van der Waals surface area contributed by atoms with Crippen LogP contribution >= 0.6 is 0 Å². The van der Waals surface area contributed by atoms with Crippen molar-refractivity contribution in [3.63, 3.8) is 0 Å². The van der Waals surface area contributed by atoms with Gasteiger partial charge >= 0.3 is 0 Å². The average molecular weight is 487 g/mol. The Labute approximate surface area is 211 Å². The molecule has 0 aliphatic heterocycles. The molecule has 0 saturated heterocycles. The number of pyridine rings is 1. The molecule has 5 rings (SSSR count). The highest BCUT2D eigenvalue weighted by atomic mass is 16.5. The van der Waals surface area contributed by atoms with Crippen molar-refractivity contribution < 1.29 is 4.74 Å². The van der Waals surface area contributed by atoms with E-state index in [2.05, 4.69) is 56.6 Å². The summed E-state index contributed by atoms with van der Waals surface area (Å²) < 4.78 is 7.34. The minimum atomic E-state index is -0.0470. The van der Waals surface area contributed by atoms with Crippen LogP contribution in [0, 0.1) is 0 Å². The number of hydrogen-bond donors (Lipinski definition) is 1. The quantitative estimate of drug-likeness (QED) is 0.351. The molecule has 0 amide bonds. The van der Waals surface area contributed by atoms with Crippen molar-refractivity contribution in [2.75, 3.05) is 7.11 Å². The zero-order chi connectivity index (χ0) is 24.9. The number of nitrogens with one attached hydrogen (secondary N) is 1. The zero-order valence-electron chi connectivity index (χ0n) is 21.1. The predicted molar refractivity (Wildman–Crippen MR) is 140 cm³/mol. The SMILES string of the molecule is CC[C@@H](c1nnnn1CCc1ccccc1)N(Cc1cc2cc(OC)ccc2[nH]c1=O)C1CCCC1. The summed E-state index contributed by atoms with van der Waals surface area (Å²) >= 11 is 0. The van der Waals surface area contributed by atoms with Gasteiger partial charge in [-0.15, -0.1) is 5.10 Å². The van der Waals surface area contributed by atoms with E-state index in [4.69, 9.17) is 4.74 Å². The van der Waals surface area contributed by atoms with Crippen LogP contribution in [-0.4, -0.2) is 43.2 Å². The number of nitrogens with zero attached hydrogens (tertiary/aromatic N) is 5. The predicted octanol–water partition coefficient (Wildman–Crippen LogP) is 4.66. The van der Waals surface area contributed by atoms with Crippen LogP contribution in [0.4, 0.5) is 0 Å². The lowest BCUT2D eigenvalue weighted by atomic mass is 10.0. The van der Waals surface area contributed by atoms with Crippen molar-refractivity contribution >= 4 is 10.9 Å². The molecule has 36 heavy (non-hydrogen) atoms. The van der Waals surface area contributed by atoms with Gasteiger partial charge in [-0.2, -0.15) is 0 Å². The van der Waals surface area contributed by atoms with Gasteiger partial charge in [-0.1, -0.05) is 50.1 Å². The summed E-state index contributed by atoms with van der Waals surface area (Å²) in [5, 5.41) is 13.8. The molecule has 2 aromatic carbocycles. The second-order valence-corrected chi connectivity index (χ2v) is 9.61. The second kappa shape index (κ2) is 11.0. The molecule has 1 fully saturated rings. The number of ether oxygens (including phenoxy) is 1. The highest BCUT2D eigenvalue weighted by Gasteiger charge is 2.32. The fraction of sp³-hybridized carbons (Fsp3) is 0.429. The van der Waals surface area contributed by atoms with Crippen molar-refractivity contribution in [1.29, 1.82) is 0 Å². The first-order valence-electron chi connectivity index (χ1n) is 12.9. The van der Waals surface area contributed by atoms with Crippen molar-refractivity contribution in [2.24, 2.45) is 0 Å². The number of benzene rings is 2. The monoisotopic (exact) mass is 486 g/mol. The molecule has 1 N–H and O–H groups in total. The molecule has 2 aromatic heterocycles. The summed E-state index contributed by atoms with van der Waals surface area (Å²) in [6, 6.07) is 18.6. The number of aryl methyl sites for hydroxylation is 2. The molecule has 2 heterocycles. The number of aromatic amines is 1. The highest BCUT2D eigenvalue weighted by Crippen LogP contribution is 2.33. The summed E-state index contributed by atoms with van der Waals surface area (Å²) in [6.45, 7) is 3.45. The first-order valence-corrected chi connectivity index (χ1v) is 12.9. The molecule has 1 aliphatic rings. The molecular formula is C28H34N6O2. The molecule has 4 aromatic rings. The van der Waals surface area contributed by atoms with Crippen LogP contribution in [0.1, 0.15) is 62.0 Å². The molecule has 1 aliphatic carbocycles. The molecule has 1 saturated carbocycles. The van der Waals surface area contributed by atoms with Gasteiger partial charge in [-0.05, 0) is 65.9 Å². The van der Waals surface area contributed by atoms with Crippen LogP contribution in [0.5, 0.6) is 5.75 Å². The summed E-state index contributed by atoms with van der Waals surface area (Å²) in [4.78, 5) is 18.6. The lowest BCUT2D eigenvalue weighted by Crippen LogP contribution is -2.39. The molecule has 0 spiro atoms. The minimum absolute atomic E-state index is 0.0271. The smallest absolute Gasteiger partial charge is 0.252 e. The van der Waals surface area contributed by atoms with Crippen LogP contribution < -0.4 is 10.3 Å². The molecule has 0 radical (unpaired) electrons. The summed E-state index contributed by atoms with van der Waals surface area (Å²) in [7, 11) is 1.66. The Kier molecular flexibility index (Phi) is 7.41. The van der Waals surface area contributed by atoms with E-state index in [1.54, 1.807) is 7.11 Å². The lowest BCUT2D eigenvalue weighted by molar-refractivity contribution is 0.112. The van der Waals surface area contributed by atoms with Gasteiger partial charge in [-0.3, -0.25) is 9.69 Å². The maximum atomic E-state index is 13.1. The van der Waals surface area contributed by atoms with Gasteiger partial charge in [0.1, 0.15) is 5.75 Å². The van der Waals surface area contributed by atoms with Crippen LogP contribution in [0.3, 0.4) is 0 Å². The third-order valence-corrected chi connectivity index (χ3v) is 7.37. The number of fused-ring (bicyclic) bond motifs is 1. The van der Waals surface area contributed by atoms with E-state index in [9.17, 15) is 4.79 Å². The van der Waals surface area contributed by atoms with E-state index in [1.807, 2.05) is 35.0 Å². The largest absolute Gasteiger partial charge is 0.497 e. The number of methoxy groups -OCH3 is 1. The maximum absolute atomic E-state index is 13.1. The van der Waals surface area contributed by atoms with Gasteiger partial charge in [0, 0.05) is 35.6 Å². The van der Waals surface area contributed by atoms with Crippen LogP contribution in [-0.2, 0) is 19.5 Å². The molecular weight excluding hydrogens is 452 g/mol. The van der Waals surface area contributed by atoms with E-state index in [0.29, 0.717) is 12.6 Å². The van der Waals surface area contributed by atoms with Gasteiger partial charge in [-0.25, -0.2) is 4.68 Å². The van der Waals surface area contributed by atoms with E-state index in [0.717, 1.165) is 60.3 Å². The van der Waals surface area contributed by atoms with Gasteiger partial charge in [0.2, 0.25) is 0 Å². The van der Waals surface area contributed by atoms with Gasteiger partial charge in [0.25, 0.3) is 5.56 Å². The molecule has 0 bridgehead atoms. The van der Waals surface area contributed by atoms with E-state index in [-0.39, 0.29) is 11.6 Å². The summed E-state index contributed by atoms with van der Waals surface area (Å²) in [6.07, 6.45) is 6.40. The number of aromatic nitrogens is 5. The summed E-state index contributed by atoms with van der Waals surface area (Å²) in [5.74, 6) is 1.65. The van der Waals surface area contributed by atoms with Crippen molar-refractivity contribution in [2.45, 2.75) is 70.6 Å². The zero-order valence-corrected chi connectivity index (χ0v) is 21.1. The van der Waals surface area contributed by atoms with Crippen LogP contribution in [0.15, 0.2) is 59.4 Å². The van der Waals surface area contributed by atoms with Crippen LogP contribution in [0.2, 0.25) is 0 Å². The highest BCUT2D eigenvalue weighted by molar-refractivity contribution is 5.80. The topological polar surface area (TPSA) is 88.9 Å². The molecule has 8 nitrogen and oxygen atoms in total. The first kappa shape index (κ1) is 24.2. The maximum Gasteiger partial charge on any atom is 0.252 e. The Morgan fingerprint density at radius 2 is 1.94 bits per heavy atom. The molecule has 188 valence electrons. The van der Waals surface area contributed by atoms with Crippen molar-refractivity contribution in [3.8, 4) is 5.75 Å². The number of rotatable bonds is 10. The normalized spacial score (nSPS) is 15.1. The Balaban J connectivity index is 1.45. The van der Waals surface area contributed by atoms with E-state index >= 15 is 0 Å². The van der Waals surface area contributed by atoms with Gasteiger partial charge in [0.15, 0.2) is 5.82 Å². The minimum Gasteiger partial charge on any atom is -0.497 e. The third-order valence-electron chi connectivity index (χ3n) is 7.37. The first-order chi connectivity index (χ1) is 17.7. The summed E-state index contributed by atoms with van der Waals surface area (Å²) in [5.41, 5.74) is 2.78. The molecule has 1 atom stereocenters. The van der Waals surface area contributed by atoms with Crippen molar-refractivity contribution in [3.05, 3.63) is 81.9 Å². The Hall–Kier alpha value is -3.52.